The first-order valence-corrected chi connectivity index (χ1v) is 8.03. The Hall–Kier alpha value is -2.63. The van der Waals surface area contributed by atoms with E-state index in [0.29, 0.717) is 22.2 Å². The summed E-state index contributed by atoms with van der Waals surface area (Å²) in [5.41, 5.74) is 0.919. The number of pyridine rings is 1. The molecule has 0 bridgehead atoms. The van der Waals surface area contributed by atoms with Gasteiger partial charge in [0, 0.05) is 0 Å². The molecule has 3 aromatic rings. The van der Waals surface area contributed by atoms with Gasteiger partial charge in [-0.25, -0.2) is 9.37 Å². The summed E-state index contributed by atoms with van der Waals surface area (Å²) in [6.45, 7) is 0. The van der Waals surface area contributed by atoms with E-state index in [0.717, 1.165) is 0 Å². The van der Waals surface area contributed by atoms with Crippen LogP contribution in [0.1, 0.15) is 10.4 Å². The monoisotopic (exact) mass is 375 g/mol. The van der Waals surface area contributed by atoms with Crippen LogP contribution in [0.5, 0.6) is 0 Å². The lowest BCUT2D eigenvalue weighted by Crippen LogP contribution is -2.14. The Kier molecular flexibility index (Phi) is 5.16. The highest BCUT2D eigenvalue weighted by Crippen LogP contribution is 2.25. The van der Waals surface area contributed by atoms with Gasteiger partial charge in [0.1, 0.15) is 11.6 Å². The minimum absolute atomic E-state index is 0.0439. The van der Waals surface area contributed by atoms with E-state index in [1.165, 1.54) is 24.4 Å². The van der Waals surface area contributed by atoms with E-state index in [4.69, 9.17) is 23.2 Å². The Morgan fingerprint density at radius 1 is 0.960 bits per heavy atom. The molecule has 0 aliphatic heterocycles. The van der Waals surface area contributed by atoms with Crippen molar-refractivity contribution in [3.8, 4) is 0 Å². The van der Waals surface area contributed by atoms with E-state index in [1.54, 1.807) is 18.2 Å². The van der Waals surface area contributed by atoms with Crippen molar-refractivity contribution in [2.24, 2.45) is 0 Å². The summed E-state index contributed by atoms with van der Waals surface area (Å²) in [7, 11) is 0. The molecule has 2 aromatic carbocycles. The summed E-state index contributed by atoms with van der Waals surface area (Å²) in [6, 6.07) is 14.6. The Balaban J connectivity index is 1.73. The van der Waals surface area contributed by atoms with Crippen LogP contribution in [-0.2, 0) is 0 Å². The summed E-state index contributed by atoms with van der Waals surface area (Å²) in [5, 5.41) is 6.24. The maximum Gasteiger partial charge on any atom is 0.260 e. The molecule has 7 heteroatoms. The molecule has 1 amide bonds. The van der Waals surface area contributed by atoms with Crippen molar-refractivity contribution >= 4 is 46.3 Å². The van der Waals surface area contributed by atoms with Gasteiger partial charge in [0.25, 0.3) is 5.91 Å². The maximum absolute atomic E-state index is 13.8. The van der Waals surface area contributed by atoms with Crippen molar-refractivity contribution in [3.05, 3.63) is 82.2 Å². The second-order valence-electron chi connectivity index (χ2n) is 5.09. The number of carbonyl (C=O) groups excluding carboxylic acids is 1. The van der Waals surface area contributed by atoms with Gasteiger partial charge >= 0.3 is 0 Å². The number of amides is 1. The number of halogens is 3. The standard InChI is InChI=1S/C18H12Cl2FN3O/c19-12-4-1-2-7-15(12)24-16-9-8-11(10-22-16)23-18(25)17-13(20)5-3-6-14(17)21/h1-10H,(H,22,24)(H,23,25). The molecule has 0 radical (unpaired) electrons. The van der Waals surface area contributed by atoms with E-state index >= 15 is 0 Å². The second-order valence-corrected chi connectivity index (χ2v) is 5.90. The molecular weight excluding hydrogens is 364 g/mol. The number of rotatable bonds is 4. The van der Waals surface area contributed by atoms with Gasteiger partial charge in [-0.15, -0.1) is 0 Å². The van der Waals surface area contributed by atoms with Gasteiger partial charge in [-0.2, -0.15) is 0 Å². The molecule has 0 atom stereocenters. The van der Waals surface area contributed by atoms with Crippen molar-refractivity contribution in [1.29, 1.82) is 0 Å². The van der Waals surface area contributed by atoms with Crippen LogP contribution >= 0.6 is 23.2 Å². The Morgan fingerprint density at radius 3 is 2.40 bits per heavy atom. The lowest BCUT2D eigenvalue weighted by molar-refractivity contribution is 0.102. The normalized spacial score (nSPS) is 10.4. The molecular formula is C18H12Cl2FN3O. The second kappa shape index (κ2) is 7.51. The molecule has 0 fully saturated rings. The van der Waals surface area contributed by atoms with Gasteiger partial charge < -0.3 is 10.6 Å². The predicted octanol–water partition coefficient (Wildman–Crippen LogP) is 5.52. The van der Waals surface area contributed by atoms with Crippen LogP contribution in [0.4, 0.5) is 21.6 Å². The van der Waals surface area contributed by atoms with Crippen LogP contribution in [0.3, 0.4) is 0 Å². The average molecular weight is 376 g/mol. The van der Waals surface area contributed by atoms with Gasteiger partial charge in [0.2, 0.25) is 0 Å². The van der Waals surface area contributed by atoms with Crippen molar-refractivity contribution in [1.82, 2.24) is 4.98 Å². The van der Waals surface area contributed by atoms with Crippen LogP contribution < -0.4 is 10.6 Å². The molecule has 3 rings (SSSR count). The van der Waals surface area contributed by atoms with Crippen molar-refractivity contribution in [3.63, 3.8) is 0 Å². The molecule has 0 saturated carbocycles. The number of para-hydroxylation sites is 1. The fourth-order valence-electron chi connectivity index (χ4n) is 2.15. The molecule has 0 aliphatic carbocycles. The van der Waals surface area contributed by atoms with Gasteiger partial charge in [-0.05, 0) is 36.4 Å². The zero-order valence-corrected chi connectivity index (χ0v) is 14.3. The van der Waals surface area contributed by atoms with Gasteiger partial charge in [0.05, 0.1) is 33.2 Å². The minimum atomic E-state index is -0.685. The third-order valence-corrected chi connectivity index (χ3v) is 3.99. The molecule has 1 heterocycles. The van der Waals surface area contributed by atoms with Crippen molar-refractivity contribution in [2.45, 2.75) is 0 Å². The lowest BCUT2D eigenvalue weighted by Gasteiger charge is -2.10. The average Bonchev–Trinajstić information content (AvgIpc) is 2.58. The lowest BCUT2D eigenvalue weighted by atomic mass is 10.2. The molecule has 0 spiro atoms. The van der Waals surface area contributed by atoms with Gasteiger partial charge in [-0.1, -0.05) is 41.4 Å². The van der Waals surface area contributed by atoms with Crippen molar-refractivity contribution < 1.29 is 9.18 Å². The first-order valence-electron chi connectivity index (χ1n) is 7.27. The SMILES string of the molecule is O=C(Nc1ccc(Nc2ccccc2Cl)nc1)c1c(F)cccc1Cl. The number of hydrogen-bond acceptors (Lipinski definition) is 3. The first kappa shape index (κ1) is 17.2. The predicted molar refractivity (Wildman–Crippen MR) is 98.3 cm³/mol. The van der Waals surface area contributed by atoms with E-state index in [9.17, 15) is 9.18 Å². The van der Waals surface area contributed by atoms with Crippen LogP contribution in [0, 0.1) is 5.82 Å². The largest absolute Gasteiger partial charge is 0.339 e. The molecule has 1 aromatic heterocycles. The molecule has 25 heavy (non-hydrogen) atoms. The highest BCUT2D eigenvalue weighted by molar-refractivity contribution is 6.34. The maximum atomic E-state index is 13.8. The third kappa shape index (κ3) is 4.07. The zero-order valence-electron chi connectivity index (χ0n) is 12.8. The third-order valence-electron chi connectivity index (χ3n) is 3.35. The quantitative estimate of drug-likeness (QED) is 0.630. The molecule has 2 N–H and O–H groups in total. The number of nitrogens with zero attached hydrogens (tertiary/aromatic N) is 1. The molecule has 0 saturated heterocycles. The highest BCUT2D eigenvalue weighted by Gasteiger charge is 2.16. The zero-order chi connectivity index (χ0) is 17.8. The topological polar surface area (TPSA) is 54.0 Å². The van der Waals surface area contributed by atoms with Gasteiger partial charge in [0.15, 0.2) is 0 Å². The fourth-order valence-corrected chi connectivity index (χ4v) is 2.58. The van der Waals surface area contributed by atoms with E-state index < -0.39 is 11.7 Å². The number of aromatic nitrogens is 1. The Morgan fingerprint density at radius 2 is 1.72 bits per heavy atom. The first-order chi connectivity index (χ1) is 12.0. The molecule has 126 valence electrons. The summed E-state index contributed by atoms with van der Waals surface area (Å²) in [4.78, 5) is 16.4. The highest BCUT2D eigenvalue weighted by atomic mass is 35.5. The smallest absolute Gasteiger partial charge is 0.260 e. The Bertz CT molecular complexity index is 896. The Labute approximate surface area is 153 Å². The van der Waals surface area contributed by atoms with E-state index in [1.807, 2.05) is 18.2 Å². The minimum Gasteiger partial charge on any atom is -0.339 e. The number of nitrogens with one attached hydrogen (secondary N) is 2. The van der Waals surface area contributed by atoms with Crippen LogP contribution in [-0.4, -0.2) is 10.9 Å². The summed E-state index contributed by atoms with van der Waals surface area (Å²) < 4.78 is 13.8. The summed E-state index contributed by atoms with van der Waals surface area (Å²) in [6.07, 6.45) is 1.45. The number of benzene rings is 2. The summed E-state index contributed by atoms with van der Waals surface area (Å²) >= 11 is 12.0. The van der Waals surface area contributed by atoms with Crippen molar-refractivity contribution in [2.75, 3.05) is 10.6 Å². The van der Waals surface area contributed by atoms with Crippen LogP contribution in [0.2, 0.25) is 10.0 Å². The number of anilines is 3. The van der Waals surface area contributed by atoms with E-state index in [2.05, 4.69) is 15.6 Å². The molecule has 0 aliphatic rings. The summed E-state index contributed by atoms with van der Waals surface area (Å²) in [5.74, 6) is -0.776. The van der Waals surface area contributed by atoms with E-state index in [-0.39, 0.29) is 10.6 Å². The van der Waals surface area contributed by atoms with Gasteiger partial charge in [-0.3, -0.25) is 4.79 Å². The number of hydrogen-bond donors (Lipinski definition) is 2. The van der Waals surface area contributed by atoms with Crippen LogP contribution in [0.25, 0.3) is 0 Å². The van der Waals surface area contributed by atoms with Crippen LogP contribution in [0.15, 0.2) is 60.8 Å². The molecule has 4 nitrogen and oxygen atoms in total. The molecule has 0 unspecified atom stereocenters. The fraction of sp³-hybridized carbons (Fsp3) is 0. The number of carbonyl (C=O) groups is 1.